The molecule has 120 valence electrons. The van der Waals surface area contributed by atoms with Gasteiger partial charge >= 0.3 is 12.1 Å². The van der Waals surface area contributed by atoms with E-state index >= 15 is 0 Å². The maximum absolute atomic E-state index is 12.0. The number of hydrogen-bond acceptors (Lipinski definition) is 3. The van der Waals surface area contributed by atoms with Gasteiger partial charge in [-0.3, -0.25) is 0 Å². The highest BCUT2D eigenvalue weighted by molar-refractivity contribution is 9.10. The van der Waals surface area contributed by atoms with Crippen molar-refractivity contribution in [2.45, 2.75) is 25.8 Å². The van der Waals surface area contributed by atoms with Crippen LogP contribution in [0, 0.1) is 6.92 Å². The number of methoxy groups -OCH3 is 1. The van der Waals surface area contributed by atoms with Gasteiger partial charge in [0.15, 0.2) is 0 Å². The number of carbonyl (C=O) groups is 2. The number of nitrogens with zero attached hydrogens (tertiary/aromatic N) is 1. The van der Waals surface area contributed by atoms with E-state index in [0.29, 0.717) is 13.1 Å². The fraction of sp³-hybridized carbons (Fsp3) is 0.467. The third kappa shape index (κ3) is 4.37. The average molecular weight is 370 g/mol. The summed E-state index contributed by atoms with van der Waals surface area (Å²) in [4.78, 5) is 25.1. The molecule has 0 atom stereocenters. The van der Waals surface area contributed by atoms with Gasteiger partial charge in [0, 0.05) is 23.6 Å². The summed E-state index contributed by atoms with van der Waals surface area (Å²) in [6.45, 7) is 3.17. The number of urea groups is 1. The summed E-state index contributed by atoms with van der Waals surface area (Å²) in [5.41, 5.74) is 1.85. The van der Waals surface area contributed by atoms with Crippen molar-refractivity contribution in [2.24, 2.45) is 0 Å². The summed E-state index contributed by atoms with van der Waals surface area (Å²) >= 11 is 3.43. The number of benzene rings is 1. The van der Waals surface area contributed by atoms with E-state index in [2.05, 4.69) is 31.3 Å². The Hall–Kier alpha value is -1.76. The van der Waals surface area contributed by atoms with Crippen LogP contribution in [0.25, 0.3) is 0 Å². The van der Waals surface area contributed by atoms with Crippen LogP contribution in [0.3, 0.4) is 0 Å². The van der Waals surface area contributed by atoms with Crippen molar-refractivity contribution in [1.82, 2.24) is 10.2 Å². The number of hydrogen-bond donors (Lipinski definition) is 2. The molecule has 0 aliphatic carbocycles. The summed E-state index contributed by atoms with van der Waals surface area (Å²) in [5.74, 6) is 0. The molecule has 3 amide bonds. The van der Waals surface area contributed by atoms with Gasteiger partial charge in [-0.2, -0.15) is 0 Å². The van der Waals surface area contributed by atoms with E-state index in [4.69, 9.17) is 0 Å². The molecular formula is C15H20BrN3O3. The fourth-order valence-corrected chi connectivity index (χ4v) is 2.99. The van der Waals surface area contributed by atoms with E-state index < -0.39 is 0 Å². The van der Waals surface area contributed by atoms with Crippen LogP contribution in [-0.4, -0.2) is 43.3 Å². The molecule has 1 saturated heterocycles. The van der Waals surface area contributed by atoms with Crippen molar-refractivity contribution in [3.63, 3.8) is 0 Å². The lowest BCUT2D eigenvalue weighted by Crippen LogP contribution is -2.47. The summed E-state index contributed by atoms with van der Waals surface area (Å²) in [7, 11) is 1.37. The average Bonchev–Trinajstić information content (AvgIpc) is 2.50. The molecule has 0 saturated carbocycles. The molecular weight excluding hydrogens is 350 g/mol. The highest BCUT2D eigenvalue weighted by Gasteiger charge is 2.24. The minimum Gasteiger partial charge on any atom is -0.453 e. The first-order chi connectivity index (χ1) is 10.5. The van der Waals surface area contributed by atoms with Gasteiger partial charge < -0.3 is 20.3 Å². The van der Waals surface area contributed by atoms with E-state index in [1.165, 1.54) is 7.11 Å². The summed E-state index contributed by atoms with van der Waals surface area (Å²) < 4.78 is 5.54. The Balaban J connectivity index is 1.82. The van der Waals surface area contributed by atoms with Crippen LogP contribution in [0.2, 0.25) is 0 Å². The Morgan fingerprint density at radius 2 is 2.00 bits per heavy atom. The van der Waals surface area contributed by atoms with Crippen molar-refractivity contribution >= 4 is 33.7 Å². The van der Waals surface area contributed by atoms with Crippen molar-refractivity contribution in [3.8, 4) is 0 Å². The molecule has 1 aliphatic heterocycles. The molecule has 0 aromatic heterocycles. The highest BCUT2D eigenvalue weighted by Crippen LogP contribution is 2.23. The lowest BCUT2D eigenvalue weighted by Gasteiger charge is -2.31. The van der Waals surface area contributed by atoms with Gasteiger partial charge in [-0.05, 0) is 53.4 Å². The molecule has 0 bridgehead atoms. The number of carbonyl (C=O) groups excluding carboxylic acids is 2. The van der Waals surface area contributed by atoms with Crippen molar-refractivity contribution in [2.75, 3.05) is 25.5 Å². The number of anilines is 1. The zero-order chi connectivity index (χ0) is 16.1. The summed E-state index contributed by atoms with van der Waals surface area (Å²) in [6.07, 6.45) is 1.13. The third-order valence-electron chi connectivity index (χ3n) is 3.64. The number of nitrogens with one attached hydrogen (secondary N) is 2. The first-order valence-electron chi connectivity index (χ1n) is 7.16. The molecule has 2 N–H and O–H groups in total. The van der Waals surface area contributed by atoms with E-state index in [1.54, 1.807) is 4.90 Å². The Kier molecular flexibility index (Phi) is 5.65. The molecule has 0 radical (unpaired) electrons. The predicted molar refractivity (Wildman–Crippen MR) is 88.0 cm³/mol. The lowest BCUT2D eigenvalue weighted by molar-refractivity contribution is 0.110. The minimum atomic E-state index is -0.313. The Morgan fingerprint density at radius 3 is 2.59 bits per heavy atom. The van der Waals surface area contributed by atoms with Crippen LogP contribution in [0.5, 0.6) is 0 Å². The predicted octanol–water partition coefficient (Wildman–Crippen LogP) is 3.11. The highest BCUT2D eigenvalue weighted by atomic mass is 79.9. The number of likely N-dealkylation sites (tertiary alicyclic amines) is 1. The number of aryl methyl sites for hydroxylation is 1. The van der Waals surface area contributed by atoms with Crippen LogP contribution in [0.1, 0.15) is 18.4 Å². The topological polar surface area (TPSA) is 70.7 Å². The van der Waals surface area contributed by atoms with Crippen molar-refractivity contribution in [3.05, 3.63) is 28.2 Å². The second-order valence-electron chi connectivity index (χ2n) is 5.31. The maximum Gasteiger partial charge on any atom is 0.409 e. The van der Waals surface area contributed by atoms with Crippen LogP contribution < -0.4 is 10.6 Å². The van der Waals surface area contributed by atoms with Gasteiger partial charge in [0.25, 0.3) is 0 Å². The number of amides is 3. The molecule has 1 aromatic rings. The monoisotopic (exact) mass is 369 g/mol. The van der Waals surface area contributed by atoms with Gasteiger partial charge in [-0.1, -0.05) is 6.07 Å². The molecule has 1 aliphatic rings. The standard InChI is InChI=1S/C15H20BrN3O3/c1-10-3-4-13(12(16)9-10)18-14(20)17-11-5-7-19(8-6-11)15(21)22-2/h3-4,9,11H,5-8H2,1-2H3,(H2,17,18,20). The molecule has 0 unspecified atom stereocenters. The summed E-state index contributed by atoms with van der Waals surface area (Å²) in [6, 6.07) is 5.57. The number of ether oxygens (including phenoxy) is 1. The SMILES string of the molecule is COC(=O)N1CCC(NC(=O)Nc2ccc(C)cc2Br)CC1. The van der Waals surface area contributed by atoms with Gasteiger partial charge in [0.2, 0.25) is 0 Å². The van der Waals surface area contributed by atoms with Crippen molar-refractivity contribution in [1.29, 1.82) is 0 Å². The minimum absolute atomic E-state index is 0.0603. The molecule has 0 spiro atoms. The van der Waals surface area contributed by atoms with Gasteiger partial charge in [-0.15, -0.1) is 0 Å². The first-order valence-corrected chi connectivity index (χ1v) is 7.95. The van der Waals surface area contributed by atoms with Crippen LogP contribution in [-0.2, 0) is 4.74 Å². The molecule has 6 nitrogen and oxygen atoms in total. The van der Waals surface area contributed by atoms with E-state index in [1.807, 2.05) is 25.1 Å². The first kappa shape index (κ1) is 16.6. The van der Waals surface area contributed by atoms with Crippen LogP contribution in [0.15, 0.2) is 22.7 Å². The normalized spacial score (nSPS) is 15.3. The largest absolute Gasteiger partial charge is 0.453 e. The Morgan fingerprint density at radius 1 is 1.32 bits per heavy atom. The Labute approximate surface area is 138 Å². The van der Waals surface area contributed by atoms with Gasteiger partial charge in [0.1, 0.15) is 0 Å². The van der Waals surface area contributed by atoms with E-state index in [-0.39, 0.29) is 18.2 Å². The quantitative estimate of drug-likeness (QED) is 0.841. The molecule has 1 aromatic carbocycles. The van der Waals surface area contributed by atoms with E-state index in [9.17, 15) is 9.59 Å². The van der Waals surface area contributed by atoms with Crippen LogP contribution >= 0.6 is 15.9 Å². The zero-order valence-corrected chi connectivity index (χ0v) is 14.3. The number of rotatable bonds is 2. The fourth-order valence-electron chi connectivity index (χ4n) is 2.40. The third-order valence-corrected chi connectivity index (χ3v) is 4.29. The molecule has 22 heavy (non-hydrogen) atoms. The molecule has 7 heteroatoms. The smallest absolute Gasteiger partial charge is 0.409 e. The Bertz CT molecular complexity index is 557. The molecule has 2 rings (SSSR count). The zero-order valence-electron chi connectivity index (χ0n) is 12.7. The second kappa shape index (κ2) is 7.49. The maximum atomic E-state index is 12.0. The van der Waals surface area contributed by atoms with Gasteiger partial charge in [0.05, 0.1) is 12.8 Å². The molecule has 1 heterocycles. The van der Waals surface area contributed by atoms with Gasteiger partial charge in [-0.25, -0.2) is 9.59 Å². The molecule has 1 fully saturated rings. The van der Waals surface area contributed by atoms with Crippen molar-refractivity contribution < 1.29 is 14.3 Å². The second-order valence-corrected chi connectivity index (χ2v) is 6.17. The lowest BCUT2D eigenvalue weighted by atomic mass is 10.1. The number of halogens is 1. The van der Waals surface area contributed by atoms with Crippen LogP contribution in [0.4, 0.5) is 15.3 Å². The summed E-state index contributed by atoms with van der Waals surface area (Å²) in [5, 5.41) is 5.76. The number of piperidine rings is 1. The van der Waals surface area contributed by atoms with E-state index in [0.717, 1.165) is 28.6 Å².